The SMILES string of the molecule is CCNc1nc(CSc2ccccc2F)ncc1Br. The average molecular weight is 342 g/mol. The van der Waals surface area contributed by atoms with Gasteiger partial charge in [-0.05, 0) is 35.0 Å². The number of benzene rings is 1. The Bertz CT molecular complexity index is 565. The van der Waals surface area contributed by atoms with Crippen LogP contribution in [0.4, 0.5) is 10.2 Å². The lowest BCUT2D eigenvalue weighted by Gasteiger charge is -2.07. The largest absolute Gasteiger partial charge is 0.369 e. The quantitative estimate of drug-likeness (QED) is 0.830. The van der Waals surface area contributed by atoms with Gasteiger partial charge in [0.2, 0.25) is 0 Å². The van der Waals surface area contributed by atoms with Gasteiger partial charge in [-0.2, -0.15) is 0 Å². The minimum atomic E-state index is -0.212. The first-order valence-electron chi connectivity index (χ1n) is 5.83. The van der Waals surface area contributed by atoms with E-state index in [0.717, 1.165) is 16.8 Å². The van der Waals surface area contributed by atoms with Gasteiger partial charge in [-0.15, -0.1) is 11.8 Å². The summed E-state index contributed by atoms with van der Waals surface area (Å²) in [5.74, 6) is 1.76. The molecule has 0 atom stereocenters. The molecule has 0 spiro atoms. The van der Waals surface area contributed by atoms with Crippen molar-refractivity contribution < 1.29 is 4.39 Å². The van der Waals surface area contributed by atoms with Gasteiger partial charge in [-0.25, -0.2) is 14.4 Å². The van der Waals surface area contributed by atoms with Crippen LogP contribution in [-0.2, 0) is 5.75 Å². The monoisotopic (exact) mass is 341 g/mol. The molecule has 1 aromatic heterocycles. The van der Waals surface area contributed by atoms with Crippen LogP contribution >= 0.6 is 27.7 Å². The molecule has 1 N–H and O–H groups in total. The lowest BCUT2D eigenvalue weighted by Crippen LogP contribution is -2.03. The zero-order valence-corrected chi connectivity index (χ0v) is 12.8. The Morgan fingerprint density at radius 2 is 2.16 bits per heavy atom. The minimum absolute atomic E-state index is 0.212. The molecule has 1 heterocycles. The van der Waals surface area contributed by atoms with Crippen LogP contribution in [0.5, 0.6) is 0 Å². The molecule has 0 aliphatic rings. The lowest BCUT2D eigenvalue weighted by molar-refractivity contribution is 0.602. The van der Waals surface area contributed by atoms with E-state index < -0.39 is 0 Å². The molecule has 0 radical (unpaired) electrons. The van der Waals surface area contributed by atoms with Crippen LogP contribution < -0.4 is 5.32 Å². The van der Waals surface area contributed by atoms with E-state index in [9.17, 15) is 4.39 Å². The highest BCUT2D eigenvalue weighted by Gasteiger charge is 2.06. The van der Waals surface area contributed by atoms with E-state index in [1.807, 2.05) is 13.0 Å². The Kier molecular flexibility index (Phi) is 5.15. The fourth-order valence-corrected chi connectivity index (χ4v) is 2.60. The second kappa shape index (κ2) is 6.86. The van der Waals surface area contributed by atoms with Crippen molar-refractivity contribution in [1.82, 2.24) is 9.97 Å². The van der Waals surface area contributed by atoms with Crippen molar-refractivity contribution in [3.63, 3.8) is 0 Å². The average Bonchev–Trinajstić information content (AvgIpc) is 2.41. The summed E-state index contributed by atoms with van der Waals surface area (Å²) in [6.07, 6.45) is 1.71. The van der Waals surface area contributed by atoms with Crippen LogP contribution in [0.15, 0.2) is 39.8 Å². The Hall–Kier alpha value is -1.14. The molecule has 100 valence electrons. The first kappa shape index (κ1) is 14.3. The van der Waals surface area contributed by atoms with Gasteiger partial charge in [0.05, 0.1) is 10.2 Å². The summed E-state index contributed by atoms with van der Waals surface area (Å²) in [4.78, 5) is 9.23. The number of aromatic nitrogens is 2. The van der Waals surface area contributed by atoms with Crippen molar-refractivity contribution in [3.05, 3.63) is 46.6 Å². The predicted octanol–water partition coefficient (Wildman–Crippen LogP) is 4.10. The molecule has 19 heavy (non-hydrogen) atoms. The minimum Gasteiger partial charge on any atom is -0.369 e. The molecular weight excluding hydrogens is 329 g/mol. The van der Waals surface area contributed by atoms with Crippen molar-refractivity contribution >= 4 is 33.5 Å². The van der Waals surface area contributed by atoms with E-state index in [1.165, 1.54) is 17.8 Å². The van der Waals surface area contributed by atoms with Crippen molar-refractivity contribution in [3.8, 4) is 0 Å². The fourth-order valence-electron chi connectivity index (χ4n) is 1.47. The maximum Gasteiger partial charge on any atom is 0.144 e. The van der Waals surface area contributed by atoms with Gasteiger partial charge in [0.1, 0.15) is 17.5 Å². The first-order valence-corrected chi connectivity index (χ1v) is 7.61. The van der Waals surface area contributed by atoms with Crippen molar-refractivity contribution in [2.75, 3.05) is 11.9 Å². The van der Waals surface area contributed by atoms with Crippen LogP contribution in [-0.4, -0.2) is 16.5 Å². The number of nitrogens with one attached hydrogen (secondary N) is 1. The topological polar surface area (TPSA) is 37.8 Å². The van der Waals surface area contributed by atoms with Crippen molar-refractivity contribution in [2.45, 2.75) is 17.6 Å². The lowest BCUT2D eigenvalue weighted by atomic mass is 10.3. The number of halogens is 2. The summed E-state index contributed by atoms with van der Waals surface area (Å²) in [6.45, 7) is 2.79. The second-order valence-electron chi connectivity index (χ2n) is 3.73. The summed E-state index contributed by atoms with van der Waals surface area (Å²) in [7, 11) is 0. The van der Waals surface area contributed by atoms with E-state index in [2.05, 4.69) is 31.2 Å². The summed E-state index contributed by atoms with van der Waals surface area (Å²) in [5.41, 5.74) is 0. The van der Waals surface area contributed by atoms with E-state index in [4.69, 9.17) is 0 Å². The highest BCUT2D eigenvalue weighted by molar-refractivity contribution is 9.10. The Labute approximate surface area is 124 Å². The summed E-state index contributed by atoms with van der Waals surface area (Å²) in [5, 5.41) is 3.14. The van der Waals surface area contributed by atoms with Crippen molar-refractivity contribution in [1.29, 1.82) is 0 Å². The van der Waals surface area contributed by atoms with Crippen LogP contribution in [0.25, 0.3) is 0 Å². The number of rotatable bonds is 5. The molecule has 3 nitrogen and oxygen atoms in total. The highest BCUT2D eigenvalue weighted by Crippen LogP contribution is 2.25. The molecule has 1 aromatic carbocycles. The van der Waals surface area contributed by atoms with Crippen LogP contribution in [0.2, 0.25) is 0 Å². The molecule has 0 saturated carbocycles. The number of hydrogen-bond donors (Lipinski definition) is 1. The van der Waals surface area contributed by atoms with Crippen LogP contribution in [0.3, 0.4) is 0 Å². The molecule has 0 bridgehead atoms. The molecule has 0 unspecified atom stereocenters. The number of thioether (sulfide) groups is 1. The second-order valence-corrected chi connectivity index (χ2v) is 5.60. The maximum atomic E-state index is 13.5. The molecule has 2 aromatic rings. The third kappa shape index (κ3) is 3.91. The van der Waals surface area contributed by atoms with Gasteiger partial charge in [-0.3, -0.25) is 0 Å². The molecule has 6 heteroatoms. The highest BCUT2D eigenvalue weighted by atomic mass is 79.9. The van der Waals surface area contributed by atoms with Gasteiger partial charge in [0.25, 0.3) is 0 Å². The third-order valence-corrected chi connectivity index (χ3v) is 3.96. The molecule has 0 aliphatic carbocycles. The Balaban J connectivity index is 2.07. The number of anilines is 1. The van der Waals surface area contributed by atoms with Gasteiger partial charge >= 0.3 is 0 Å². The van der Waals surface area contributed by atoms with E-state index in [-0.39, 0.29) is 5.82 Å². The number of hydrogen-bond acceptors (Lipinski definition) is 4. The standard InChI is InChI=1S/C13H13BrFN3S/c1-2-16-13-9(14)7-17-12(18-13)8-19-11-6-4-3-5-10(11)15/h3-7H,2,8H2,1H3,(H,16,17,18). The van der Waals surface area contributed by atoms with Gasteiger partial charge in [0, 0.05) is 17.6 Å². The summed E-state index contributed by atoms with van der Waals surface area (Å²) in [6, 6.07) is 6.70. The molecule has 0 amide bonds. The summed E-state index contributed by atoms with van der Waals surface area (Å²) >= 11 is 4.77. The van der Waals surface area contributed by atoms with Crippen LogP contribution in [0.1, 0.15) is 12.7 Å². The van der Waals surface area contributed by atoms with Crippen molar-refractivity contribution in [2.24, 2.45) is 0 Å². The molecule has 2 rings (SSSR count). The van der Waals surface area contributed by atoms with Gasteiger partial charge in [-0.1, -0.05) is 12.1 Å². The Morgan fingerprint density at radius 3 is 2.89 bits per heavy atom. The van der Waals surface area contributed by atoms with Crippen LogP contribution in [0, 0.1) is 5.82 Å². The van der Waals surface area contributed by atoms with Gasteiger partial charge in [0.15, 0.2) is 0 Å². The van der Waals surface area contributed by atoms with E-state index in [0.29, 0.717) is 16.5 Å². The van der Waals surface area contributed by atoms with Gasteiger partial charge < -0.3 is 5.32 Å². The number of nitrogens with zero attached hydrogens (tertiary/aromatic N) is 2. The van der Waals surface area contributed by atoms with E-state index in [1.54, 1.807) is 18.3 Å². The fraction of sp³-hybridized carbons (Fsp3) is 0.231. The summed E-state index contributed by atoms with van der Waals surface area (Å²) < 4.78 is 14.3. The molecular formula is C13H13BrFN3S. The van der Waals surface area contributed by atoms with E-state index >= 15 is 0 Å². The Morgan fingerprint density at radius 1 is 1.37 bits per heavy atom. The predicted molar refractivity (Wildman–Crippen MR) is 79.9 cm³/mol. The third-order valence-electron chi connectivity index (χ3n) is 2.33. The normalized spacial score (nSPS) is 10.5. The smallest absolute Gasteiger partial charge is 0.144 e. The molecule has 0 fully saturated rings. The molecule has 0 aliphatic heterocycles. The zero-order valence-electron chi connectivity index (χ0n) is 10.4. The maximum absolute atomic E-state index is 13.5. The first-order chi connectivity index (χ1) is 9.20. The zero-order chi connectivity index (χ0) is 13.7. The molecule has 0 saturated heterocycles.